The van der Waals surface area contributed by atoms with E-state index in [0.717, 1.165) is 33.5 Å². The molecule has 7 heterocycles. The van der Waals surface area contributed by atoms with Gasteiger partial charge in [-0.3, -0.25) is 0 Å². The van der Waals surface area contributed by atoms with Crippen LogP contribution < -0.4 is 0 Å². The Morgan fingerprint density at radius 3 is 1.27 bits per heavy atom. The summed E-state index contributed by atoms with van der Waals surface area (Å²) >= 11 is 11.3. The Hall–Kier alpha value is -2.72. The molecule has 8 rings (SSSR count). The molecule has 0 spiro atoms. The molecule has 2 nitrogen and oxygen atoms in total. The summed E-state index contributed by atoms with van der Waals surface area (Å²) in [6.07, 6.45) is 18.5. The molecule has 0 radical (unpaired) electrons. The highest BCUT2D eigenvalue weighted by Crippen LogP contribution is 2.47. The van der Waals surface area contributed by atoms with Gasteiger partial charge in [0.25, 0.3) is 0 Å². The highest BCUT2D eigenvalue weighted by Gasteiger charge is 2.23. The molecule has 0 N–H and O–H groups in total. The Morgan fingerprint density at radius 2 is 0.865 bits per heavy atom. The summed E-state index contributed by atoms with van der Waals surface area (Å²) in [7, 11) is 0. The van der Waals surface area contributed by atoms with Gasteiger partial charge in [0, 0.05) is 49.4 Å². The fourth-order valence-corrected chi connectivity index (χ4v) is 13.6. The largest absolute Gasteiger partial charge is 0.242 e. The third kappa shape index (κ3) is 8.03. The second-order valence-corrected chi connectivity index (χ2v) is 20.3. The van der Waals surface area contributed by atoms with Gasteiger partial charge >= 0.3 is 0 Å². The van der Waals surface area contributed by atoms with Gasteiger partial charge in [-0.05, 0) is 72.8 Å². The van der Waals surface area contributed by atoms with Crippen LogP contribution in [-0.2, 0) is 12.8 Å². The lowest BCUT2D eigenvalue weighted by molar-refractivity contribution is 0.609. The van der Waals surface area contributed by atoms with Crippen molar-refractivity contribution in [3.05, 3.63) is 81.2 Å². The minimum absolute atomic E-state index is 0.993. The van der Waals surface area contributed by atoms with Gasteiger partial charge < -0.3 is 0 Å². The summed E-state index contributed by atoms with van der Waals surface area (Å²) in [6, 6.07) is 22.9. The molecular formula is C44H46N2S6. The summed E-state index contributed by atoms with van der Waals surface area (Å²) < 4.78 is 5.52. The van der Waals surface area contributed by atoms with E-state index in [0.29, 0.717) is 0 Å². The molecule has 0 amide bonds. The van der Waals surface area contributed by atoms with Gasteiger partial charge in [-0.25, -0.2) is 9.97 Å². The van der Waals surface area contributed by atoms with Crippen molar-refractivity contribution >= 4 is 97.9 Å². The molecule has 8 heteroatoms. The molecule has 0 aliphatic carbocycles. The molecule has 7 aromatic heterocycles. The lowest BCUT2D eigenvalue weighted by atomic mass is 10.0. The van der Waals surface area contributed by atoms with Crippen LogP contribution in [0.4, 0.5) is 0 Å². The lowest BCUT2D eigenvalue weighted by Gasteiger charge is -2.13. The minimum Gasteiger partial charge on any atom is -0.242 e. The van der Waals surface area contributed by atoms with E-state index in [4.69, 9.17) is 9.97 Å². The molecular weight excluding hydrogens is 749 g/mol. The van der Waals surface area contributed by atoms with E-state index in [9.17, 15) is 0 Å². The smallest absolute Gasteiger partial charge is 0.108 e. The van der Waals surface area contributed by atoms with Crippen molar-refractivity contribution in [2.45, 2.75) is 104 Å². The molecule has 0 unspecified atom stereocenters. The number of aryl methyl sites for hydroxylation is 2. The maximum atomic E-state index is 5.65. The van der Waals surface area contributed by atoms with Crippen molar-refractivity contribution in [1.29, 1.82) is 0 Å². The third-order valence-electron chi connectivity index (χ3n) is 9.93. The van der Waals surface area contributed by atoms with Crippen molar-refractivity contribution in [2.24, 2.45) is 0 Å². The van der Waals surface area contributed by atoms with Crippen LogP contribution in [0.15, 0.2) is 71.4 Å². The summed E-state index contributed by atoms with van der Waals surface area (Å²) in [5.74, 6) is 0. The summed E-state index contributed by atoms with van der Waals surface area (Å²) in [4.78, 5) is 19.2. The summed E-state index contributed by atoms with van der Waals surface area (Å²) in [6.45, 7) is 4.58. The lowest BCUT2D eigenvalue weighted by Crippen LogP contribution is -1.96. The van der Waals surface area contributed by atoms with E-state index in [2.05, 4.69) is 85.3 Å². The molecule has 268 valence electrons. The van der Waals surface area contributed by atoms with E-state index in [-0.39, 0.29) is 0 Å². The Kier molecular flexibility index (Phi) is 12.0. The van der Waals surface area contributed by atoms with E-state index in [1.165, 1.54) is 138 Å². The second-order valence-electron chi connectivity index (χ2n) is 13.9. The first kappa shape index (κ1) is 36.3. The number of benzene rings is 1. The second kappa shape index (κ2) is 17.2. The number of hydrogen-bond donors (Lipinski definition) is 0. The first-order valence-corrected chi connectivity index (χ1v) is 24.2. The zero-order valence-corrected chi connectivity index (χ0v) is 35.1. The van der Waals surface area contributed by atoms with Gasteiger partial charge in [0.2, 0.25) is 0 Å². The number of rotatable bonds is 18. The maximum Gasteiger partial charge on any atom is 0.108 e. The van der Waals surface area contributed by atoms with Crippen molar-refractivity contribution in [3.8, 4) is 42.0 Å². The number of thiophene rings is 6. The van der Waals surface area contributed by atoms with Crippen LogP contribution in [0.5, 0.6) is 0 Å². The first-order valence-electron chi connectivity index (χ1n) is 19.2. The van der Waals surface area contributed by atoms with Gasteiger partial charge in [-0.15, -0.1) is 68.0 Å². The predicted molar refractivity (Wildman–Crippen MR) is 238 cm³/mol. The van der Waals surface area contributed by atoms with Crippen LogP contribution >= 0.6 is 68.0 Å². The van der Waals surface area contributed by atoms with Crippen molar-refractivity contribution in [1.82, 2.24) is 9.97 Å². The summed E-state index contributed by atoms with van der Waals surface area (Å²) in [5.41, 5.74) is 6.34. The molecule has 0 bridgehead atoms. The SMILES string of the molecule is CCCCCCCCc1cc2sc(-c3nc4c(-c5cccs5)ccc(-c5cccs5)c4nc3-c3cc4sc(CCCCCCCC)cc4s3)cc2s1. The average Bonchev–Trinajstić information content (AvgIpc) is 4.00. The Labute approximate surface area is 332 Å². The molecule has 0 aliphatic heterocycles. The highest BCUT2D eigenvalue weighted by molar-refractivity contribution is 7.30. The first-order chi connectivity index (χ1) is 25.7. The van der Waals surface area contributed by atoms with Crippen LogP contribution in [-0.4, -0.2) is 9.97 Å². The van der Waals surface area contributed by atoms with Crippen LogP contribution in [0.3, 0.4) is 0 Å². The Balaban J connectivity index is 1.18. The zero-order valence-electron chi connectivity index (χ0n) is 30.2. The molecule has 0 fully saturated rings. The van der Waals surface area contributed by atoms with Crippen molar-refractivity contribution in [2.75, 3.05) is 0 Å². The van der Waals surface area contributed by atoms with E-state index in [1.807, 2.05) is 45.3 Å². The van der Waals surface area contributed by atoms with Gasteiger partial charge in [0.05, 0.1) is 20.8 Å². The fraction of sp³-hybridized carbons (Fsp3) is 0.364. The van der Waals surface area contributed by atoms with Gasteiger partial charge in [-0.1, -0.05) is 102 Å². The van der Waals surface area contributed by atoms with Gasteiger partial charge in [-0.2, -0.15) is 0 Å². The van der Waals surface area contributed by atoms with Crippen LogP contribution in [0.1, 0.15) is 101 Å². The standard InChI is InChI=1S/C44H46N2S6/c1-3-5-7-9-11-13-17-29-25-35-37(49-29)27-39(51-35)43-44(40-28-38-36(52-40)26-30(50-38)18-14-12-10-8-6-4-2)46-42-32(34-20-16-24-48-34)22-21-31(41(42)45-43)33-19-15-23-47-33/h15-16,19-28H,3-14,17-18H2,1-2H3. The minimum atomic E-state index is 0.993. The normalized spacial score (nSPS) is 12.0. The number of nitrogens with zero attached hydrogens (tertiary/aromatic N) is 2. The van der Waals surface area contributed by atoms with Crippen molar-refractivity contribution in [3.63, 3.8) is 0 Å². The topological polar surface area (TPSA) is 25.8 Å². The predicted octanol–water partition coefficient (Wildman–Crippen LogP) is 16.8. The van der Waals surface area contributed by atoms with E-state index < -0.39 is 0 Å². The Bertz CT molecular complexity index is 2120. The fourth-order valence-electron chi connectivity index (χ4n) is 7.15. The maximum absolute atomic E-state index is 5.65. The van der Waals surface area contributed by atoms with Crippen LogP contribution in [0, 0.1) is 0 Å². The Morgan fingerprint density at radius 1 is 0.442 bits per heavy atom. The highest BCUT2D eigenvalue weighted by atomic mass is 32.1. The van der Waals surface area contributed by atoms with Gasteiger partial charge in [0.1, 0.15) is 11.4 Å². The van der Waals surface area contributed by atoms with Crippen LogP contribution in [0.2, 0.25) is 0 Å². The third-order valence-corrected chi connectivity index (χ3v) is 16.5. The quantitative estimate of drug-likeness (QED) is 0.0809. The molecule has 0 atom stereocenters. The van der Waals surface area contributed by atoms with Crippen LogP contribution in [0.25, 0.3) is 71.9 Å². The number of fused-ring (bicyclic) bond motifs is 3. The monoisotopic (exact) mass is 794 g/mol. The van der Waals surface area contributed by atoms with Gasteiger partial charge in [0.15, 0.2) is 0 Å². The number of aromatic nitrogens is 2. The average molecular weight is 795 g/mol. The molecule has 0 saturated carbocycles. The number of unbranched alkanes of at least 4 members (excludes halogenated alkanes) is 10. The van der Waals surface area contributed by atoms with E-state index in [1.54, 1.807) is 22.7 Å². The molecule has 52 heavy (non-hydrogen) atoms. The number of hydrogen-bond acceptors (Lipinski definition) is 8. The zero-order chi connectivity index (χ0) is 35.3. The van der Waals surface area contributed by atoms with E-state index >= 15 is 0 Å². The molecule has 1 aromatic carbocycles. The summed E-state index contributed by atoms with van der Waals surface area (Å²) in [5, 5.41) is 4.32. The molecule has 0 aliphatic rings. The molecule has 8 aromatic rings. The molecule has 0 saturated heterocycles. The van der Waals surface area contributed by atoms with Crippen molar-refractivity contribution < 1.29 is 0 Å².